The normalized spacial score (nSPS) is 10.3. The van der Waals surface area contributed by atoms with Crippen molar-refractivity contribution in [3.63, 3.8) is 0 Å². The summed E-state index contributed by atoms with van der Waals surface area (Å²) < 4.78 is 13.4. The Morgan fingerprint density at radius 3 is 2.81 bits per heavy atom. The summed E-state index contributed by atoms with van der Waals surface area (Å²) in [7, 11) is 0. The van der Waals surface area contributed by atoms with Crippen LogP contribution in [-0.4, -0.2) is 25.2 Å². The van der Waals surface area contributed by atoms with Crippen LogP contribution in [0.4, 0.5) is 4.39 Å². The van der Waals surface area contributed by atoms with E-state index in [0.717, 1.165) is 6.07 Å². The summed E-state index contributed by atoms with van der Waals surface area (Å²) >= 11 is 5.75. The van der Waals surface area contributed by atoms with Gasteiger partial charge >= 0.3 is 0 Å². The molecule has 0 fully saturated rings. The lowest BCUT2D eigenvalue weighted by Crippen LogP contribution is -2.01. The predicted octanol–water partition coefficient (Wildman–Crippen LogP) is 2.39. The molecule has 0 unspecified atom stereocenters. The Bertz CT molecular complexity index is 837. The zero-order valence-corrected chi connectivity index (χ0v) is 11.2. The molecule has 0 amide bonds. The van der Waals surface area contributed by atoms with Crippen LogP contribution in [0.5, 0.6) is 0 Å². The molecule has 0 saturated carbocycles. The fourth-order valence-corrected chi connectivity index (χ4v) is 1.81. The fourth-order valence-electron chi connectivity index (χ4n) is 1.70. The molecule has 0 atom stereocenters. The Hall–Kier alpha value is -2.85. The lowest BCUT2D eigenvalue weighted by molar-refractivity contribution is 0.627. The number of nitriles is 1. The lowest BCUT2D eigenvalue weighted by atomic mass is 10.1. The maximum Gasteiger partial charge on any atom is 0.205 e. The third kappa shape index (κ3) is 2.70. The van der Waals surface area contributed by atoms with Crippen LogP contribution in [0.25, 0.3) is 17.2 Å². The van der Waals surface area contributed by atoms with Gasteiger partial charge < -0.3 is 0 Å². The number of halogens is 2. The molecule has 102 valence electrons. The molecular weight excluding hydrogens is 295 g/mol. The first-order valence-electron chi connectivity index (χ1n) is 5.79. The van der Waals surface area contributed by atoms with Gasteiger partial charge in [-0.25, -0.2) is 9.37 Å². The van der Waals surface area contributed by atoms with Crippen LogP contribution >= 0.6 is 11.6 Å². The molecule has 0 aliphatic carbocycles. The van der Waals surface area contributed by atoms with Crippen molar-refractivity contribution < 1.29 is 4.39 Å². The Morgan fingerprint density at radius 2 is 2.10 bits per heavy atom. The highest BCUT2D eigenvalue weighted by molar-refractivity contribution is 6.30. The smallest absolute Gasteiger partial charge is 0.205 e. The molecule has 6 nitrogen and oxygen atoms in total. The summed E-state index contributed by atoms with van der Waals surface area (Å²) in [6.45, 7) is 0. The van der Waals surface area contributed by atoms with Gasteiger partial charge in [0.05, 0.1) is 16.7 Å². The largest absolute Gasteiger partial charge is 0.234 e. The van der Waals surface area contributed by atoms with Crippen molar-refractivity contribution in [2.24, 2.45) is 0 Å². The monoisotopic (exact) mass is 300 g/mol. The van der Waals surface area contributed by atoms with Crippen LogP contribution in [0.1, 0.15) is 5.56 Å². The van der Waals surface area contributed by atoms with E-state index in [0.29, 0.717) is 16.4 Å². The quantitative estimate of drug-likeness (QED) is 0.726. The first-order valence-corrected chi connectivity index (χ1v) is 6.16. The highest BCUT2D eigenvalue weighted by Crippen LogP contribution is 2.18. The summed E-state index contributed by atoms with van der Waals surface area (Å²) in [6, 6.07) is 8.99. The van der Waals surface area contributed by atoms with E-state index in [1.165, 1.54) is 23.1 Å². The first kappa shape index (κ1) is 13.1. The standard InChI is InChI=1S/C13H6ClFN6/c14-10-1-2-12(17-7-10)21-19-13(18-20-21)9-3-8(6-16)4-11(15)5-9/h1-5,7H. The SMILES string of the molecule is N#Cc1cc(F)cc(-c2nnn(-c3ccc(Cl)cn3)n2)c1. The van der Waals surface area contributed by atoms with E-state index in [9.17, 15) is 4.39 Å². The second-order valence-electron chi connectivity index (χ2n) is 4.08. The number of benzene rings is 1. The van der Waals surface area contributed by atoms with Gasteiger partial charge in [0.1, 0.15) is 5.82 Å². The van der Waals surface area contributed by atoms with Crippen LogP contribution < -0.4 is 0 Å². The van der Waals surface area contributed by atoms with Gasteiger partial charge in [0, 0.05) is 11.8 Å². The van der Waals surface area contributed by atoms with Crippen molar-refractivity contribution in [3.8, 4) is 23.3 Å². The van der Waals surface area contributed by atoms with E-state index in [1.54, 1.807) is 12.1 Å². The van der Waals surface area contributed by atoms with Gasteiger partial charge in [0.15, 0.2) is 5.82 Å². The van der Waals surface area contributed by atoms with Crippen LogP contribution in [-0.2, 0) is 0 Å². The molecule has 3 rings (SSSR count). The van der Waals surface area contributed by atoms with Gasteiger partial charge in [-0.1, -0.05) is 11.6 Å². The maximum absolute atomic E-state index is 13.4. The average molecular weight is 301 g/mol. The highest BCUT2D eigenvalue weighted by Gasteiger charge is 2.10. The molecule has 8 heteroatoms. The minimum atomic E-state index is -0.537. The Morgan fingerprint density at radius 1 is 1.24 bits per heavy atom. The molecule has 3 aromatic rings. The molecule has 21 heavy (non-hydrogen) atoms. The Labute approximate surface area is 123 Å². The van der Waals surface area contributed by atoms with Gasteiger partial charge in [-0.2, -0.15) is 5.26 Å². The molecule has 0 aliphatic heterocycles. The second kappa shape index (κ2) is 5.26. The molecule has 0 radical (unpaired) electrons. The van der Waals surface area contributed by atoms with Crippen molar-refractivity contribution in [1.29, 1.82) is 5.26 Å². The third-order valence-electron chi connectivity index (χ3n) is 2.62. The van der Waals surface area contributed by atoms with Crippen molar-refractivity contribution in [3.05, 3.63) is 52.9 Å². The predicted molar refractivity (Wildman–Crippen MR) is 72.1 cm³/mol. The number of tetrazole rings is 1. The van der Waals surface area contributed by atoms with Crippen molar-refractivity contribution >= 4 is 11.6 Å². The van der Waals surface area contributed by atoms with Crippen LogP contribution in [0.3, 0.4) is 0 Å². The summed E-state index contributed by atoms with van der Waals surface area (Å²) in [5.74, 6) is 0.0860. The zero-order chi connectivity index (χ0) is 14.8. The molecule has 0 aliphatic rings. The minimum absolute atomic E-state index is 0.186. The molecule has 0 N–H and O–H groups in total. The van der Waals surface area contributed by atoms with E-state index in [2.05, 4.69) is 20.4 Å². The van der Waals surface area contributed by atoms with Crippen LogP contribution in [0.15, 0.2) is 36.5 Å². The Kier molecular flexibility index (Phi) is 3.30. The van der Waals surface area contributed by atoms with E-state index in [1.807, 2.05) is 6.07 Å². The van der Waals surface area contributed by atoms with E-state index >= 15 is 0 Å². The number of hydrogen-bond donors (Lipinski definition) is 0. The minimum Gasteiger partial charge on any atom is -0.234 e. The van der Waals surface area contributed by atoms with E-state index in [-0.39, 0.29) is 11.4 Å². The van der Waals surface area contributed by atoms with Gasteiger partial charge in [-0.05, 0) is 35.5 Å². The van der Waals surface area contributed by atoms with E-state index < -0.39 is 5.82 Å². The lowest BCUT2D eigenvalue weighted by Gasteiger charge is -1.97. The number of hydrogen-bond acceptors (Lipinski definition) is 5. The summed E-state index contributed by atoms with van der Waals surface area (Å²) in [6.07, 6.45) is 1.45. The topological polar surface area (TPSA) is 80.3 Å². The number of rotatable bonds is 2. The highest BCUT2D eigenvalue weighted by atomic mass is 35.5. The second-order valence-corrected chi connectivity index (χ2v) is 4.51. The first-order chi connectivity index (χ1) is 10.2. The average Bonchev–Trinajstić information content (AvgIpc) is 2.97. The van der Waals surface area contributed by atoms with Gasteiger partial charge in [-0.15, -0.1) is 15.0 Å². The Balaban J connectivity index is 2.00. The van der Waals surface area contributed by atoms with Crippen molar-refractivity contribution in [2.45, 2.75) is 0 Å². The van der Waals surface area contributed by atoms with Crippen molar-refractivity contribution in [2.75, 3.05) is 0 Å². The molecule has 0 saturated heterocycles. The maximum atomic E-state index is 13.4. The fraction of sp³-hybridized carbons (Fsp3) is 0. The number of aromatic nitrogens is 5. The van der Waals surface area contributed by atoms with Gasteiger partial charge in [0.2, 0.25) is 5.82 Å². The molecule has 2 aromatic heterocycles. The summed E-state index contributed by atoms with van der Waals surface area (Å²) in [4.78, 5) is 5.24. The molecule has 0 spiro atoms. The van der Waals surface area contributed by atoms with Crippen molar-refractivity contribution in [1.82, 2.24) is 25.2 Å². The number of pyridine rings is 1. The summed E-state index contributed by atoms with van der Waals surface area (Å²) in [5.41, 5.74) is 0.553. The third-order valence-corrected chi connectivity index (χ3v) is 2.84. The zero-order valence-electron chi connectivity index (χ0n) is 10.4. The van der Waals surface area contributed by atoms with Gasteiger partial charge in [0.25, 0.3) is 0 Å². The van der Waals surface area contributed by atoms with E-state index in [4.69, 9.17) is 16.9 Å². The molecular formula is C13H6ClFN6. The molecule has 2 heterocycles. The number of nitrogens with zero attached hydrogens (tertiary/aromatic N) is 6. The summed E-state index contributed by atoms with van der Waals surface area (Å²) in [5, 5.41) is 21.1. The molecule has 1 aromatic carbocycles. The van der Waals surface area contributed by atoms with Gasteiger partial charge in [-0.3, -0.25) is 0 Å². The molecule has 0 bridgehead atoms. The van der Waals surface area contributed by atoms with Crippen LogP contribution in [0, 0.1) is 17.1 Å². The van der Waals surface area contributed by atoms with Crippen LogP contribution in [0.2, 0.25) is 5.02 Å².